The van der Waals surface area contributed by atoms with Crippen molar-refractivity contribution in [3.8, 4) is 0 Å². The van der Waals surface area contributed by atoms with Crippen LogP contribution in [-0.4, -0.2) is 64.6 Å². The van der Waals surface area contributed by atoms with Crippen molar-refractivity contribution in [2.45, 2.75) is 84.2 Å². The number of carbonyl (C=O) groups excluding carboxylic acids is 3. The number of hydrogen-bond donors (Lipinski definition) is 0. The van der Waals surface area contributed by atoms with Gasteiger partial charge in [-0.25, -0.2) is 14.4 Å². The van der Waals surface area contributed by atoms with E-state index in [9.17, 15) is 14.4 Å². The van der Waals surface area contributed by atoms with Gasteiger partial charge in [0.2, 0.25) is 0 Å². The van der Waals surface area contributed by atoms with Crippen LogP contribution < -0.4 is 0 Å². The zero-order valence-electron chi connectivity index (χ0n) is 17.7. The minimum Gasteiger partial charge on any atom is -0.461 e. The number of hydrogen-bond acceptors (Lipinski definition) is 8. The maximum absolute atomic E-state index is 12.7. The molecule has 2 heterocycles. The van der Waals surface area contributed by atoms with Crippen molar-refractivity contribution < 1.29 is 33.4 Å². The lowest BCUT2D eigenvalue weighted by molar-refractivity contribution is -0.160. The van der Waals surface area contributed by atoms with Crippen LogP contribution in [-0.2, 0) is 28.6 Å². The molecule has 0 aliphatic carbocycles. The molecule has 0 N–H and O–H groups in total. The molecule has 28 heavy (non-hydrogen) atoms. The highest BCUT2D eigenvalue weighted by atomic mass is 16.7. The highest BCUT2D eigenvalue weighted by Crippen LogP contribution is 2.39. The van der Waals surface area contributed by atoms with Gasteiger partial charge in [-0.2, -0.15) is 0 Å². The molecule has 0 saturated carbocycles. The molecule has 158 valence electrons. The molecule has 2 aliphatic heterocycles. The highest BCUT2D eigenvalue weighted by Gasteiger charge is 2.56. The summed E-state index contributed by atoms with van der Waals surface area (Å²) in [6.45, 7) is 12.5. The Morgan fingerprint density at radius 3 is 2.29 bits per heavy atom. The molecule has 2 atom stereocenters. The zero-order valence-corrected chi connectivity index (χ0v) is 17.7. The molecule has 2 unspecified atom stereocenters. The van der Waals surface area contributed by atoms with E-state index in [-0.39, 0.29) is 31.7 Å². The van der Waals surface area contributed by atoms with Gasteiger partial charge in [-0.15, -0.1) is 0 Å². The SMILES string of the molecule is CCOC(=O)C1=NOC2(C1)CC(C(=O)OC(C)(C)C)N(C(=O)OC(C)(C)C)C2. The average molecular weight is 398 g/mol. The van der Waals surface area contributed by atoms with Crippen molar-refractivity contribution in [1.29, 1.82) is 0 Å². The third-order valence-corrected chi connectivity index (χ3v) is 4.06. The van der Waals surface area contributed by atoms with E-state index in [2.05, 4.69) is 5.16 Å². The number of esters is 2. The van der Waals surface area contributed by atoms with Gasteiger partial charge in [0.05, 0.1) is 13.2 Å². The fraction of sp³-hybridized carbons (Fsp3) is 0.789. The topological polar surface area (TPSA) is 104 Å². The largest absolute Gasteiger partial charge is 0.461 e. The van der Waals surface area contributed by atoms with Crippen LogP contribution in [0.1, 0.15) is 61.3 Å². The number of amides is 1. The average Bonchev–Trinajstić information content (AvgIpc) is 3.09. The Morgan fingerprint density at radius 1 is 1.14 bits per heavy atom. The first kappa shape index (κ1) is 22.0. The fourth-order valence-electron chi connectivity index (χ4n) is 3.08. The minimum absolute atomic E-state index is 0.0538. The number of ether oxygens (including phenoxy) is 3. The summed E-state index contributed by atoms with van der Waals surface area (Å²) < 4.78 is 15.9. The molecule has 0 aromatic heterocycles. The summed E-state index contributed by atoms with van der Waals surface area (Å²) in [4.78, 5) is 44.2. The maximum atomic E-state index is 12.7. The van der Waals surface area contributed by atoms with Gasteiger partial charge in [0, 0.05) is 12.8 Å². The third-order valence-electron chi connectivity index (χ3n) is 4.06. The molecule has 9 heteroatoms. The van der Waals surface area contributed by atoms with Gasteiger partial charge in [0.1, 0.15) is 17.2 Å². The van der Waals surface area contributed by atoms with Crippen molar-refractivity contribution in [2.75, 3.05) is 13.2 Å². The summed E-state index contributed by atoms with van der Waals surface area (Å²) in [5, 5.41) is 3.84. The maximum Gasteiger partial charge on any atom is 0.411 e. The fourth-order valence-corrected chi connectivity index (χ4v) is 3.08. The van der Waals surface area contributed by atoms with E-state index < -0.39 is 40.9 Å². The summed E-state index contributed by atoms with van der Waals surface area (Å²) in [6, 6.07) is -0.897. The van der Waals surface area contributed by atoms with Gasteiger partial charge in [0.25, 0.3) is 0 Å². The summed E-state index contributed by atoms with van der Waals surface area (Å²) in [5.74, 6) is -1.12. The number of likely N-dealkylation sites (tertiary alicyclic amines) is 1. The molecule has 1 amide bonds. The van der Waals surface area contributed by atoms with Crippen molar-refractivity contribution in [1.82, 2.24) is 4.90 Å². The Morgan fingerprint density at radius 2 is 1.75 bits per heavy atom. The normalized spacial score (nSPS) is 24.6. The molecular formula is C19H30N2O7. The van der Waals surface area contributed by atoms with E-state index in [0.29, 0.717) is 0 Å². The molecule has 9 nitrogen and oxygen atoms in total. The number of carbonyl (C=O) groups is 3. The quantitative estimate of drug-likeness (QED) is 0.531. The second-order valence-corrected chi connectivity index (χ2v) is 9.07. The van der Waals surface area contributed by atoms with Crippen LogP contribution in [0, 0.1) is 0 Å². The Bertz CT molecular complexity index is 637. The highest BCUT2D eigenvalue weighted by molar-refractivity contribution is 6.36. The molecule has 1 saturated heterocycles. The van der Waals surface area contributed by atoms with Gasteiger partial charge >= 0.3 is 18.0 Å². The van der Waals surface area contributed by atoms with E-state index in [0.717, 1.165) is 0 Å². The molecule has 2 aliphatic rings. The lowest BCUT2D eigenvalue weighted by atomic mass is 9.94. The van der Waals surface area contributed by atoms with Crippen LogP contribution in [0.5, 0.6) is 0 Å². The van der Waals surface area contributed by atoms with Crippen LogP contribution in [0.15, 0.2) is 5.16 Å². The van der Waals surface area contributed by atoms with E-state index in [4.69, 9.17) is 19.0 Å². The molecule has 0 aromatic rings. The van der Waals surface area contributed by atoms with Crippen LogP contribution in [0.3, 0.4) is 0 Å². The standard InChI is InChI=1S/C19H30N2O7/c1-8-25-14(22)12-9-19(28-20-12)10-13(15(23)26-17(2,3)4)21(11-19)16(24)27-18(5,6)7/h13H,8-11H2,1-7H3. The van der Waals surface area contributed by atoms with Crippen molar-refractivity contribution in [2.24, 2.45) is 5.16 Å². The van der Waals surface area contributed by atoms with Crippen LogP contribution >= 0.6 is 0 Å². The predicted octanol–water partition coefficient (Wildman–Crippen LogP) is 2.42. The van der Waals surface area contributed by atoms with Crippen molar-refractivity contribution in [3.05, 3.63) is 0 Å². The Hall–Kier alpha value is -2.32. The molecule has 0 radical (unpaired) electrons. The first-order valence-electron chi connectivity index (χ1n) is 9.40. The summed E-state index contributed by atoms with van der Waals surface area (Å²) in [6.07, 6.45) is -0.355. The first-order valence-corrected chi connectivity index (χ1v) is 9.40. The van der Waals surface area contributed by atoms with Crippen LogP contribution in [0.2, 0.25) is 0 Å². The van der Waals surface area contributed by atoms with Gasteiger partial charge in [0.15, 0.2) is 11.3 Å². The van der Waals surface area contributed by atoms with E-state index in [1.165, 1.54) is 4.90 Å². The lowest BCUT2D eigenvalue weighted by Gasteiger charge is -2.29. The van der Waals surface area contributed by atoms with Crippen LogP contribution in [0.25, 0.3) is 0 Å². The number of rotatable bonds is 3. The van der Waals surface area contributed by atoms with Gasteiger partial charge in [-0.05, 0) is 48.5 Å². The molecule has 0 bridgehead atoms. The molecular weight excluding hydrogens is 368 g/mol. The third kappa shape index (κ3) is 5.36. The molecule has 0 aromatic carbocycles. The van der Waals surface area contributed by atoms with Crippen molar-refractivity contribution >= 4 is 23.7 Å². The predicted molar refractivity (Wildman–Crippen MR) is 99.7 cm³/mol. The zero-order chi connectivity index (χ0) is 21.3. The summed E-state index contributed by atoms with van der Waals surface area (Å²) >= 11 is 0. The van der Waals surface area contributed by atoms with Gasteiger partial charge in [-0.1, -0.05) is 5.16 Å². The number of nitrogens with zero attached hydrogens (tertiary/aromatic N) is 2. The monoisotopic (exact) mass is 398 g/mol. The van der Waals surface area contributed by atoms with Crippen LogP contribution in [0.4, 0.5) is 4.79 Å². The lowest BCUT2D eigenvalue weighted by Crippen LogP contribution is -2.46. The smallest absolute Gasteiger partial charge is 0.411 e. The number of oxime groups is 1. The second kappa shape index (κ2) is 7.60. The van der Waals surface area contributed by atoms with Gasteiger partial charge < -0.3 is 19.0 Å². The van der Waals surface area contributed by atoms with E-state index in [1.807, 2.05) is 0 Å². The first-order chi connectivity index (χ1) is 12.8. The molecule has 2 rings (SSSR count). The Balaban J connectivity index is 2.21. The molecule has 1 fully saturated rings. The molecule has 1 spiro atoms. The minimum atomic E-state index is -0.986. The Labute approximate surface area is 165 Å². The van der Waals surface area contributed by atoms with Crippen molar-refractivity contribution in [3.63, 3.8) is 0 Å². The summed E-state index contributed by atoms with van der Waals surface area (Å²) in [5.41, 5.74) is -2.29. The van der Waals surface area contributed by atoms with Gasteiger partial charge in [-0.3, -0.25) is 4.90 Å². The Kier molecular flexibility index (Phi) is 5.96. The summed E-state index contributed by atoms with van der Waals surface area (Å²) in [7, 11) is 0. The van der Waals surface area contributed by atoms with E-state index in [1.54, 1.807) is 48.5 Å². The van der Waals surface area contributed by atoms with E-state index >= 15 is 0 Å². The second-order valence-electron chi connectivity index (χ2n) is 9.07.